The van der Waals surface area contributed by atoms with Crippen molar-refractivity contribution in [1.82, 2.24) is 4.98 Å². The van der Waals surface area contributed by atoms with Crippen molar-refractivity contribution in [2.24, 2.45) is 0 Å². The maximum Gasteiger partial charge on any atom is 0.222 e. The molecule has 1 rings (SSSR count). The highest BCUT2D eigenvalue weighted by molar-refractivity contribution is 5.87. The summed E-state index contributed by atoms with van der Waals surface area (Å²) in [4.78, 5) is 14.6. The van der Waals surface area contributed by atoms with Crippen LogP contribution < -0.4 is 10.1 Å². The molecule has 1 heterocycles. The van der Waals surface area contributed by atoms with Gasteiger partial charge in [0.2, 0.25) is 5.91 Å². The number of nitrogens with one attached hydrogen (secondary N) is 1. The number of aliphatic hydroxyl groups is 2. The minimum atomic E-state index is -0.907. The number of carbonyl (C=O) groups excluding carboxylic acids is 1. The summed E-state index contributed by atoms with van der Waals surface area (Å²) in [6.07, 6.45) is 0.519. The van der Waals surface area contributed by atoms with Gasteiger partial charge in [-0.1, -0.05) is 0 Å². The number of amides is 1. The first kappa shape index (κ1) is 12.4. The summed E-state index contributed by atoms with van der Waals surface area (Å²) >= 11 is 0. The number of rotatable bonds is 5. The van der Waals surface area contributed by atoms with Gasteiger partial charge in [-0.3, -0.25) is 4.79 Å². The van der Waals surface area contributed by atoms with Crippen molar-refractivity contribution in [1.29, 1.82) is 0 Å². The Balaban J connectivity index is 2.48. The van der Waals surface area contributed by atoms with E-state index in [-0.39, 0.29) is 19.1 Å². The lowest BCUT2D eigenvalue weighted by atomic mass is 10.4. The number of aromatic nitrogens is 1. The molecular formula is C10H14N2O4. The number of hydrogen-bond acceptors (Lipinski definition) is 5. The molecule has 16 heavy (non-hydrogen) atoms. The van der Waals surface area contributed by atoms with Gasteiger partial charge in [0.05, 0.1) is 12.8 Å². The van der Waals surface area contributed by atoms with E-state index in [0.717, 1.165) is 0 Å². The monoisotopic (exact) mass is 226 g/mol. The zero-order chi connectivity index (χ0) is 12.0. The largest absolute Gasteiger partial charge is 0.489 e. The Morgan fingerprint density at radius 2 is 2.38 bits per heavy atom. The number of carbonyl (C=O) groups is 1. The first-order valence-electron chi connectivity index (χ1n) is 4.77. The van der Waals surface area contributed by atoms with Gasteiger partial charge in [-0.15, -0.1) is 0 Å². The standard InChI is InChI=1S/C10H14N2O4/c1-7(14)12-10-3-2-9(4-11-10)16-6-8(15)5-13/h2-4,8,13,15H,5-6H2,1H3,(H,11,12,14)/t8-/m0/s1. The molecule has 1 atom stereocenters. The zero-order valence-electron chi connectivity index (χ0n) is 8.88. The summed E-state index contributed by atoms with van der Waals surface area (Å²) in [6, 6.07) is 3.20. The van der Waals surface area contributed by atoms with Crippen molar-refractivity contribution in [2.45, 2.75) is 13.0 Å². The SMILES string of the molecule is CC(=O)Nc1ccc(OC[C@@H](O)CO)cn1. The van der Waals surface area contributed by atoms with Crippen molar-refractivity contribution in [2.75, 3.05) is 18.5 Å². The lowest BCUT2D eigenvalue weighted by Gasteiger charge is -2.09. The summed E-state index contributed by atoms with van der Waals surface area (Å²) in [5.74, 6) is 0.695. The van der Waals surface area contributed by atoms with Crippen molar-refractivity contribution in [3.63, 3.8) is 0 Å². The third-order valence-electron chi connectivity index (χ3n) is 1.69. The van der Waals surface area contributed by atoms with Gasteiger partial charge in [0.1, 0.15) is 24.3 Å². The molecule has 88 valence electrons. The van der Waals surface area contributed by atoms with Gasteiger partial charge < -0.3 is 20.3 Å². The van der Waals surface area contributed by atoms with Crippen molar-refractivity contribution < 1.29 is 19.7 Å². The fraction of sp³-hybridized carbons (Fsp3) is 0.400. The molecule has 0 saturated carbocycles. The maximum atomic E-state index is 10.7. The molecule has 0 aliphatic heterocycles. The second kappa shape index (κ2) is 6.04. The van der Waals surface area contributed by atoms with E-state index in [4.69, 9.17) is 14.9 Å². The van der Waals surface area contributed by atoms with E-state index in [1.807, 2.05) is 0 Å². The normalized spacial score (nSPS) is 11.9. The van der Waals surface area contributed by atoms with E-state index in [1.54, 1.807) is 12.1 Å². The fourth-order valence-corrected chi connectivity index (χ4v) is 0.965. The smallest absolute Gasteiger partial charge is 0.222 e. The van der Waals surface area contributed by atoms with Gasteiger partial charge in [0.25, 0.3) is 0 Å². The molecule has 1 aromatic rings. The predicted octanol–water partition coefficient (Wildman–Crippen LogP) is -0.228. The Kier molecular flexibility index (Phi) is 4.68. The molecule has 0 unspecified atom stereocenters. The molecule has 0 spiro atoms. The van der Waals surface area contributed by atoms with Gasteiger partial charge in [0, 0.05) is 6.92 Å². The number of anilines is 1. The zero-order valence-corrected chi connectivity index (χ0v) is 8.88. The summed E-state index contributed by atoms with van der Waals surface area (Å²) < 4.78 is 5.13. The molecule has 1 aromatic heterocycles. The number of pyridine rings is 1. The third-order valence-corrected chi connectivity index (χ3v) is 1.69. The molecule has 0 aromatic carbocycles. The van der Waals surface area contributed by atoms with Gasteiger partial charge in [-0.25, -0.2) is 4.98 Å². The highest BCUT2D eigenvalue weighted by Gasteiger charge is 2.03. The number of ether oxygens (including phenoxy) is 1. The van der Waals surface area contributed by atoms with Crippen molar-refractivity contribution in [3.05, 3.63) is 18.3 Å². The Bertz CT molecular complexity index is 339. The number of hydrogen-bond donors (Lipinski definition) is 3. The molecule has 0 fully saturated rings. The second-order valence-corrected chi connectivity index (χ2v) is 3.21. The van der Waals surface area contributed by atoms with Crippen LogP contribution in [0, 0.1) is 0 Å². The Labute approximate surface area is 92.9 Å². The molecule has 6 nitrogen and oxygen atoms in total. The van der Waals surface area contributed by atoms with Crippen LogP contribution >= 0.6 is 0 Å². The molecule has 1 amide bonds. The number of nitrogens with zero attached hydrogens (tertiary/aromatic N) is 1. The molecule has 0 aliphatic rings. The van der Waals surface area contributed by atoms with Crippen LogP contribution in [-0.2, 0) is 4.79 Å². The van der Waals surface area contributed by atoms with E-state index in [2.05, 4.69) is 10.3 Å². The summed E-state index contributed by atoms with van der Waals surface area (Å²) in [5.41, 5.74) is 0. The minimum Gasteiger partial charge on any atom is -0.489 e. The van der Waals surface area contributed by atoms with Crippen molar-refractivity contribution >= 4 is 11.7 Å². The molecule has 0 aliphatic carbocycles. The molecule has 0 saturated heterocycles. The number of aliphatic hydroxyl groups excluding tert-OH is 2. The topological polar surface area (TPSA) is 91.7 Å². The summed E-state index contributed by atoms with van der Waals surface area (Å²) in [5, 5.41) is 20.1. The molecule has 0 bridgehead atoms. The lowest BCUT2D eigenvalue weighted by molar-refractivity contribution is -0.114. The highest BCUT2D eigenvalue weighted by Crippen LogP contribution is 2.12. The first-order valence-corrected chi connectivity index (χ1v) is 4.77. The van der Waals surface area contributed by atoms with Crippen molar-refractivity contribution in [3.8, 4) is 5.75 Å². The summed E-state index contributed by atoms with van der Waals surface area (Å²) in [6.45, 7) is 1.04. The van der Waals surface area contributed by atoms with E-state index < -0.39 is 6.10 Å². The minimum absolute atomic E-state index is 0.00232. The van der Waals surface area contributed by atoms with Crippen LogP contribution in [0.5, 0.6) is 5.75 Å². The first-order chi connectivity index (χ1) is 7.61. The van der Waals surface area contributed by atoms with Crippen LogP contribution in [-0.4, -0.2) is 40.4 Å². The van der Waals surface area contributed by atoms with Crippen LogP contribution in [0.25, 0.3) is 0 Å². The molecular weight excluding hydrogens is 212 g/mol. The molecule has 0 radical (unpaired) electrons. The van der Waals surface area contributed by atoms with Gasteiger partial charge >= 0.3 is 0 Å². The van der Waals surface area contributed by atoms with Crippen LogP contribution in [0.15, 0.2) is 18.3 Å². The summed E-state index contributed by atoms with van der Waals surface area (Å²) in [7, 11) is 0. The van der Waals surface area contributed by atoms with Crippen LogP contribution in [0.3, 0.4) is 0 Å². The Morgan fingerprint density at radius 1 is 1.62 bits per heavy atom. The quantitative estimate of drug-likeness (QED) is 0.645. The highest BCUT2D eigenvalue weighted by atomic mass is 16.5. The van der Waals surface area contributed by atoms with Gasteiger partial charge in [0.15, 0.2) is 0 Å². The fourth-order valence-electron chi connectivity index (χ4n) is 0.965. The average molecular weight is 226 g/mol. The van der Waals surface area contributed by atoms with Gasteiger partial charge in [-0.05, 0) is 12.1 Å². The average Bonchev–Trinajstić information content (AvgIpc) is 2.27. The van der Waals surface area contributed by atoms with Crippen LogP contribution in [0.1, 0.15) is 6.92 Å². The predicted molar refractivity (Wildman–Crippen MR) is 57.1 cm³/mol. The Morgan fingerprint density at radius 3 is 2.88 bits per heavy atom. The van der Waals surface area contributed by atoms with E-state index in [0.29, 0.717) is 11.6 Å². The molecule has 6 heteroatoms. The third kappa shape index (κ3) is 4.24. The molecule has 3 N–H and O–H groups in total. The second-order valence-electron chi connectivity index (χ2n) is 3.21. The Hall–Kier alpha value is -1.66. The van der Waals surface area contributed by atoms with E-state index in [1.165, 1.54) is 13.1 Å². The van der Waals surface area contributed by atoms with E-state index in [9.17, 15) is 4.79 Å². The maximum absolute atomic E-state index is 10.7. The lowest BCUT2D eigenvalue weighted by Crippen LogP contribution is -2.21. The van der Waals surface area contributed by atoms with Gasteiger partial charge in [-0.2, -0.15) is 0 Å². The van der Waals surface area contributed by atoms with E-state index >= 15 is 0 Å². The van der Waals surface area contributed by atoms with Crippen LogP contribution in [0.2, 0.25) is 0 Å². The van der Waals surface area contributed by atoms with Crippen LogP contribution in [0.4, 0.5) is 5.82 Å².